The minimum absolute atomic E-state index is 0.412. The third kappa shape index (κ3) is 3.35. The SMILES string of the molecule is CCCCSC(CN)c1cnn(C)c1. The van der Waals surface area contributed by atoms with E-state index in [0.29, 0.717) is 11.8 Å². The summed E-state index contributed by atoms with van der Waals surface area (Å²) < 4.78 is 1.83. The first-order valence-electron chi connectivity index (χ1n) is 5.08. The average molecular weight is 213 g/mol. The van der Waals surface area contributed by atoms with Gasteiger partial charge in [-0.05, 0) is 12.2 Å². The van der Waals surface area contributed by atoms with Crippen molar-refractivity contribution < 1.29 is 0 Å². The standard InChI is InChI=1S/C10H19N3S/c1-3-4-5-14-10(6-11)9-7-12-13(2)8-9/h7-8,10H,3-6,11H2,1-2H3. The van der Waals surface area contributed by atoms with Gasteiger partial charge in [0.05, 0.1) is 6.20 Å². The van der Waals surface area contributed by atoms with E-state index in [1.165, 1.54) is 24.2 Å². The van der Waals surface area contributed by atoms with Crippen molar-refractivity contribution in [3.63, 3.8) is 0 Å². The fourth-order valence-electron chi connectivity index (χ4n) is 1.28. The Morgan fingerprint density at radius 1 is 1.64 bits per heavy atom. The van der Waals surface area contributed by atoms with E-state index in [9.17, 15) is 0 Å². The van der Waals surface area contributed by atoms with E-state index >= 15 is 0 Å². The molecule has 1 heterocycles. The monoisotopic (exact) mass is 213 g/mol. The molecular formula is C10H19N3S. The first kappa shape index (κ1) is 11.6. The maximum absolute atomic E-state index is 5.74. The van der Waals surface area contributed by atoms with Gasteiger partial charge in [-0.25, -0.2) is 0 Å². The molecule has 4 heteroatoms. The highest BCUT2D eigenvalue weighted by molar-refractivity contribution is 7.99. The van der Waals surface area contributed by atoms with Crippen LogP contribution >= 0.6 is 11.8 Å². The Kier molecular flexibility index (Phi) is 5.04. The fourth-order valence-corrected chi connectivity index (χ4v) is 2.47. The van der Waals surface area contributed by atoms with Gasteiger partial charge in [0.15, 0.2) is 0 Å². The van der Waals surface area contributed by atoms with Gasteiger partial charge in [-0.1, -0.05) is 13.3 Å². The lowest BCUT2D eigenvalue weighted by atomic mass is 10.2. The van der Waals surface area contributed by atoms with Crippen molar-refractivity contribution in [1.29, 1.82) is 0 Å². The summed E-state index contributed by atoms with van der Waals surface area (Å²) in [6.07, 6.45) is 6.48. The van der Waals surface area contributed by atoms with Crippen molar-refractivity contribution in [3.05, 3.63) is 18.0 Å². The van der Waals surface area contributed by atoms with Gasteiger partial charge in [0.2, 0.25) is 0 Å². The Bertz CT molecular complexity index is 260. The number of unbranched alkanes of at least 4 members (excludes halogenated alkanes) is 1. The van der Waals surface area contributed by atoms with Crippen molar-refractivity contribution in [2.75, 3.05) is 12.3 Å². The quantitative estimate of drug-likeness (QED) is 0.735. The molecule has 1 unspecified atom stereocenters. The summed E-state index contributed by atoms with van der Waals surface area (Å²) in [5.74, 6) is 1.19. The van der Waals surface area contributed by atoms with Gasteiger partial charge in [-0.2, -0.15) is 16.9 Å². The second-order valence-corrected chi connectivity index (χ2v) is 4.71. The fraction of sp³-hybridized carbons (Fsp3) is 0.700. The zero-order valence-electron chi connectivity index (χ0n) is 8.94. The lowest BCUT2D eigenvalue weighted by Crippen LogP contribution is -2.09. The molecule has 0 aliphatic rings. The molecule has 0 fully saturated rings. The number of hydrogen-bond donors (Lipinski definition) is 1. The van der Waals surface area contributed by atoms with E-state index < -0.39 is 0 Å². The summed E-state index contributed by atoms with van der Waals surface area (Å²) in [6.45, 7) is 2.90. The number of thioether (sulfide) groups is 1. The smallest absolute Gasteiger partial charge is 0.0533 e. The molecular weight excluding hydrogens is 194 g/mol. The summed E-state index contributed by atoms with van der Waals surface area (Å²) in [5.41, 5.74) is 6.98. The van der Waals surface area contributed by atoms with E-state index in [1.54, 1.807) is 0 Å². The van der Waals surface area contributed by atoms with E-state index in [-0.39, 0.29) is 0 Å². The van der Waals surface area contributed by atoms with Gasteiger partial charge in [-0.15, -0.1) is 0 Å². The van der Waals surface area contributed by atoms with Crippen molar-refractivity contribution in [2.45, 2.75) is 25.0 Å². The van der Waals surface area contributed by atoms with Crippen LogP contribution in [0.15, 0.2) is 12.4 Å². The van der Waals surface area contributed by atoms with Crippen molar-refractivity contribution in [2.24, 2.45) is 12.8 Å². The molecule has 1 rings (SSSR count). The van der Waals surface area contributed by atoms with Crippen LogP contribution in [0.2, 0.25) is 0 Å². The molecule has 1 aromatic heterocycles. The Balaban J connectivity index is 2.45. The molecule has 0 saturated heterocycles. The van der Waals surface area contributed by atoms with E-state index in [4.69, 9.17) is 5.73 Å². The van der Waals surface area contributed by atoms with Crippen LogP contribution in [0.25, 0.3) is 0 Å². The molecule has 0 spiro atoms. The molecule has 3 nitrogen and oxygen atoms in total. The van der Waals surface area contributed by atoms with Gasteiger partial charge >= 0.3 is 0 Å². The normalized spacial score (nSPS) is 13.1. The Morgan fingerprint density at radius 3 is 2.93 bits per heavy atom. The lowest BCUT2D eigenvalue weighted by molar-refractivity contribution is 0.766. The van der Waals surface area contributed by atoms with Crippen molar-refractivity contribution >= 4 is 11.8 Å². The molecule has 0 amide bonds. The summed E-state index contributed by atoms with van der Waals surface area (Å²) in [7, 11) is 1.94. The molecule has 2 N–H and O–H groups in total. The number of hydrogen-bond acceptors (Lipinski definition) is 3. The minimum Gasteiger partial charge on any atom is -0.329 e. The van der Waals surface area contributed by atoms with Gasteiger partial charge in [0.1, 0.15) is 0 Å². The predicted molar refractivity (Wildman–Crippen MR) is 62.4 cm³/mol. The van der Waals surface area contributed by atoms with Crippen LogP contribution in [-0.4, -0.2) is 22.1 Å². The first-order chi connectivity index (χ1) is 6.77. The zero-order valence-corrected chi connectivity index (χ0v) is 9.76. The van der Waals surface area contributed by atoms with Crippen LogP contribution in [-0.2, 0) is 7.05 Å². The molecule has 0 bridgehead atoms. The van der Waals surface area contributed by atoms with E-state index in [1.807, 2.05) is 29.7 Å². The van der Waals surface area contributed by atoms with Gasteiger partial charge in [0, 0.05) is 30.6 Å². The molecule has 1 aromatic rings. The highest BCUT2D eigenvalue weighted by Gasteiger charge is 2.11. The number of nitrogens with zero attached hydrogens (tertiary/aromatic N) is 2. The maximum Gasteiger partial charge on any atom is 0.0533 e. The molecule has 1 atom stereocenters. The average Bonchev–Trinajstić information content (AvgIpc) is 2.60. The zero-order chi connectivity index (χ0) is 10.4. The van der Waals surface area contributed by atoms with Crippen LogP contribution in [0.3, 0.4) is 0 Å². The van der Waals surface area contributed by atoms with Crippen LogP contribution in [0.5, 0.6) is 0 Å². The third-order valence-corrected chi connectivity index (χ3v) is 3.52. The Hall–Kier alpha value is -0.480. The molecule has 0 aromatic carbocycles. The van der Waals surface area contributed by atoms with E-state index in [2.05, 4.69) is 18.2 Å². The van der Waals surface area contributed by atoms with Crippen molar-refractivity contribution in [1.82, 2.24) is 9.78 Å². The van der Waals surface area contributed by atoms with Gasteiger partial charge < -0.3 is 5.73 Å². The topological polar surface area (TPSA) is 43.8 Å². The number of aromatic nitrogens is 2. The van der Waals surface area contributed by atoms with Crippen LogP contribution in [0.1, 0.15) is 30.6 Å². The molecule has 0 radical (unpaired) electrons. The highest BCUT2D eigenvalue weighted by atomic mass is 32.2. The minimum atomic E-state index is 0.412. The van der Waals surface area contributed by atoms with Crippen LogP contribution in [0.4, 0.5) is 0 Å². The molecule has 0 aliphatic carbocycles. The second kappa shape index (κ2) is 6.09. The summed E-state index contributed by atoms with van der Waals surface area (Å²) in [5, 5.41) is 4.57. The third-order valence-electron chi connectivity index (χ3n) is 2.13. The molecule has 14 heavy (non-hydrogen) atoms. The summed E-state index contributed by atoms with van der Waals surface area (Å²) in [6, 6.07) is 0. The lowest BCUT2D eigenvalue weighted by Gasteiger charge is -2.11. The molecule has 0 saturated carbocycles. The number of aryl methyl sites for hydroxylation is 1. The number of rotatable bonds is 6. The molecule has 80 valence electrons. The second-order valence-electron chi connectivity index (χ2n) is 3.40. The number of nitrogens with two attached hydrogens (primary N) is 1. The maximum atomic E-state index is 5.74. The first-order valence-corrected chi connectivity index (χ1v) is 6.13. The predicted octanol–water partition coefficient (Wildman–Crippen LogP) is 1.95. The van der Waals surface area contributed by atoms with Gasteiger partial charge in [-0.3, -0.25) is 4.68 Å². The highest BCUT2D eigenvalue weighted by Crippen LogP contribution is 2.27. The summed E-state index contributed by atoms with van der Waals surface area (Å²) in [4.78, 5) is 0. The Morgan fingerprint density at radius 2 is 2.43 bits per heavy atom. The van der Waals surface area contributed by atoms with Crippen LogP contribution in [0, 0.1) is 0 Å². The summed E-state index contributed by atoms with van der Waals surface area (Å²) >= 11 is 1.93. The van der Waals surface area contributed by atoms with Crippen LogP contribution < -0.4 is 5.73 Å². The Labute approximate surface area is 90.1 Å². The largest absolute Gasteiger partial charge is 0.329 e. The van der Waals surface area contributed by atoms with Gasteiger partial charge in [0.25, 0.3) is 0 Å². The molecule has 0 aliphatic heterocycles. The van der Waals surface area contributed by atoms with E-state index in [0.717, 1.165) is 0 Å². The van der Waals surface area contributed by atoms with Crippen molar-refractivity contribution in [3.8, 4) is 0 Å².